The van der Waals surface area contributed by atoms with Gasteiger partial charge in [-0.25, -0.2) is 9.98 Å². The van der Waals surface area contributed by atoms with Crippen molar-refractivity contribution in [3.63, 3.8) is 0 Å². The highest BCUT2D eigenvalue weighted by atomic mass is 32.2. The molecule has 2 unspecified atom stereocenters. The normalized spacial score (nSPS) is 18.5. The molecule has 0 N–H and O–H groups in total. The maximum atomic E-state index is 5.70. The van der Waals surface area contributed by atoms with E-state index in [0.717, 1.165) is 28.8 Å². The van der Waals surface area contributed by atoms with Crippen molar-refractivity contribution in [1.29, 1.82) is 0 Å². The second-order valence-electron chi connectivity index (χ2n) is 14.6. The molecule has 1 heterocycles. The van der Waals surface area contributed by atoms with Crippen LogP contribution in [0.25, 0.3) is 29.0 Å². The Morgan fingerprint density at radius 2 is 1.49 bits per heavy atom. The van der Waals surface area contributed by atoms with Gasteiger partial charge in [0.15, 0.2) is 5.84 Å². The van der Waals surface area contributed by atoms with Gasteiger partial charge in [0.25, 0.3) is 0 Å². The zero-order valence-electron chi connectivity index (χ0n) is 32.2. The van der Waals surface area contributed by atoms with Crippen molar-refractivity contribution in [2.24, 2.45) is 15.9 Å². The number of nitrogens with zero attached hydrogens (tertiary/aromatic N) is 2. The number of allylic oxidation sites excluding steroid dienone is 6. The molecule has 0 bridgehead atoms. The van der Waals surface area contributed by atoms with E-state index in [1.165, 1.54) is 65.4 Å². The largest absolute Gasteiger partial charge is 0.233 e. The van der Waals surface area contributed by atoms with Gasteiger partial charge in [-0.3, -0.25) is 0 Å². The van der Waals surface area contributed by atoms with E-state index in [1.54, 1.807) is 6.08 Å². The number of aliphatic imine (C=N–C) groups is 2. The predicted molar refractivity (Wildman–Crippen MR) is 236 cm³/mol. The summed E-state index contributed by atoms with van der Waals surface area (Å²) in [4.78, 5) is 13.2. The number of fused-ring (bicyclic) bond motifs is 9. The Morgan fingerprint density at radius 1 is 0.818 bits per heavy atom. The molecule has 3 aliphatic rings. The molecule has 2 nitrogen and oxygen atoms in total. The minimum atomic E-state index is -0.629. The molecule has 0 aromatic heterocycles. The van der Waals surface area contributed by atoms with E-state index in [2.05, 4.69) is 150 Å². The van der Waals surface area contributed by atoms with Crippen molar-refractivity contribution in [3.8, 4) is 23.5 Å². The Labute approximate surface area is 330 Å². The first kappa shape index (κ1) is 36.0. The first-order valence-electron chi connectivity index (χ1n) is 19.0. The topological polar surface area (TPSA) is 24.7 Å². The van der Waals surface area contributed by atoms with Crippen molar-refractivity contribution in [1.82, 2.24) is 0 Å². The van der Waals surface area contributed by atoms with Crippen LogP contribution in [0.1, 0.15) is 82.8 Å². The van der Waals surface area contributed by atoms with Crippen LogP contribution in [-0.4, -0.2) is 11.5 Å². The standard InChI is InChI=1S/C52H44N2S/c1-8-10-21-39-30-32-47-50(35(39)5)55-49-34(4)38(19-9-2)29-31-46(49)52(47)45-28-17-16-25-43(45)44-27-18-26-42(48(44)52)37(7)54-51(40-22-12-11-13-23-40)53-36(6)41-24-15-14-20-33(41)3/h1,9-19,21-33H,7,20H2,2-6H3/b19-9-,21-10-,53-36+,54-51-. The van der Waals surface area contributed by atoms with Gasteiger partial charge < -0.3 is 0 Å². The summed E-state index contributed by atoms with van der Waals surface area (Å²) in [7, 11) is 0. The molecule has 55 heavy (non-hydrogen) atoms. The molecular formula is C52H44N2S. The summed E-state index contributed by atoms with van der Waals surface area (Å²) in [6.07, 6.45) is 21.4. The fraction of sp³-hybridized carbons (Fsp3) is 0.154. The Hall–Kier alpha value is -5.95. The molecule has 5 aromatic rings. The highest BCUT2D eigenvalue weighted by Gasteiger charge is 2.52. The van der Waals surface area contributed by atoms with Gasteiger partial charge >= 0.3 is 0 Å². The quantitative estimate of drug-likeness (QED) is 0.0950. The van der Waals surface area contributed by atoms with E-state index < -0.39 is 5.41 Å². The first-order chi connectivity index (χ1) is 26.8. The lowest BCUT2D eigenvalue weighted by Gasteiger charge is -2.42. The van der Waals surface area contributed by atoms with Gasteiger partial charge in [0.1, 0.15) is 0 Å². The average molecular weight is 729 g/mol. The Kier molecular flexibility index (Phi) is 9.64. The van der Waals surface area contributed by atoms with Gasteiger partial charge in [-0.05, 0) is 113 Å². The van der Waals surface area contributed by atoms with Crippen LogP contribution in [0.4, 0.5) is 0 Å². The average Bonchev–Trinajstić information content (AvgIpc) is 3.50. The lowest BCUT2D eigenvalue weighted by Crippen LogP contribution is -2.33. The number of hydrogen-bond acceptors (Lipinski definition) is 2. The van der Waals surface area contributed by atoms with Crippen LogP contribution in [-0.2, 0) is 5.41 Å². The second kappa shape index (κ2) is 14.7. The zero-order valence-corrected chi connectivity index (χ0v) is 33.0. The highest BCUT2D eigenvalue weighted by molar-refractivity contribution is 7.99. The summed E-state index contributed by atoms with van der Waals surface area (Å²) < 4.78 is 0. The maximum Gasteiger partial charge on any atom is 0.159 e. The van der Waals surface area contributed by atoms with Gasteiger partial charge in [-0.2, -0.15) is 0 Å². The van der Waals surface area contributed by atoms with Crippen molar-refractivity contribution in [2.45, 2.75) is 56.2 Å². The molecule has 2 atom stereocenters. The molecule has 268 valence electrons. The number of benzene rings is 5. The molecule has 1 aliphatic heterocycles. The summed E-state index contributed by atoms with van der Waals surface area (Å²) in [6.45, 7) is 15.7. The Bertz CT molecular complexity index is 2620. The van der Waals surface area contributed by atoms with E-state index in [9.17, 15) is 0 Å². The molecule has 0 saturated carbocycles. The molecule has 3 heteroatoms. The van der Waals surface area contributed by atoms with Crippen LogP contribution in [0.5, 0.6) is 0 Å². The molecule has 0 fully saturated rings. The summed E-state index contributed by atoms with van der Waals surface area (Å²) in [5, 5.41) is 0. The summed E-state index contributed by atoms with van der Waals surface area (Å²) in [6, 6.07) is 35.0. The molecule has 2 aliphatic carbocycles. The van der Waals surface area contributed by atoms with Crippen LogP contribution < -0.4 is 0 Å². The number of terminal acetylenes is 1. The lowest BCUT2D eigenvalue weighted by molar-refractivity contribution is 0.712. The molecule has 5 aromatic carbocycles. The summed E-state index contributed by atoms with van der Waals surface area (Å²) in [5.41, 5.74) is 16.5. The van der Waals surface area contributed by atoms with E-state index in [4.69, 9.17) is 23.0 Å². The number of rotatable bonds is 6. The SMILES string of the molecule is C#C/C=C\c1ccc2c(c1C)Sc1c(ccc(/C=C\C)c1C)C21c2ccccc2-c2cccc(C(=C)/N=C(\N=C(/C)C3=CC=CCC3C)c3ccccc3)c21. The Balaban J connectivity index is 1.43. The third-order valence-electron chi connectivity index (χ3n) is 11.4. The number of hydrogen-bond donors (Lipinski definition) is 0. The van der Waals surface area contributed by atoms with Crippen LogP contribution in [0, 0.1) is 32.1 Å². The van der Waals surface area contributed by atoms with Gasteiger partial charge in [0.05, 0.1) is 11.1 Å². The smallest absolute Gasteiger partial charge is 0.159 e. The van der Waals surface area contributed by atoms with Crippen LogP contribution in [0.15, 0.2) is 159 Å². The monoisotopic (exact) mass is 728 g/mol. The zero-order chi connectivity index (χ0) is 38.3. The Morgan fingerprint density at radius 3 is 2.18 bits per heavy atom. The van der Waals surface area contributed by atoms with Gasteiger partial charge in [-0.15, -0.1) is 6.42 Å². The first-order valence-corrected chi connectivity index (χ1v) is 19.8. The van der Waals surface area contributed by atoms with E-state index in [1.807, 2.05) is 36.0 Å². The molecule has 0 radical (unpaired) electrons. The fourth-order valence-corrected chi connectivity index (χ4v) is 10.1. The third-order valence-corrected chi connectivity index (χ3v) is 12.8. The van der Waals surface area contributed by atoms with Crippen LogP contribution >= 0.6 is 11.8 Å². The van der Waals surface area contributed by atoms with Crippen LogP contribution in [0.2, 0.25) is 0 Å². The predicted octanol–water partition coefficient (Wildman–Crippen LogP) is 13.2. The van der Waals surface area contributed by atoms with E-state index in [0.29, 0.717) is 17.5 Å². The molecular weight excluding hydrogens is 685 g/mol. The van der Waals surface area contributed by atoms with E-state index >= 15 is 0 Å². The minimum Gasteiger partial charge on any atom is -0.233 e. The second-order valence-corrected chi connectivity index (χ2v) is 15.6. The van der Waals surface area contributed by atoms with Crippen molar-refractivity contribution < 1.29 is 0 Å². The third kappa shape index (κ3) is 5.93. The van der Waals surface area contributed by atoms with Gasteiger partial charge in [0, 0.05) is 26.6 Å². The number of amidine groups is 1. The lowest BCUT2D eigenvalue weighted by atomic mass is 9.65. The van der Waals surface area contributed by atoms with Crippen molar-refractivity contribution in [3.05, 3.63) is 195 Å². The highest BCUT2D eigenvalue weighted by Crippen LogP contribution is 2.64. The molecule has 0 amide bonds. The van der Waals surface area contributed by atoms with Crippen LogP contribution in [0.3, 0.4) is 0 Å². The summed E-state index contributed by atoms with van der Waals surface area (Å²) in [5.74, 6) is 3.73. The van der Waals surface area contributed by atoms with Gasteiger partial charge in [-0.1, -0.05) is 159 Å². The van der Waals surface area contributed by atoms with E-state index in [-0.39, 0.29) is 0 Å². The maximum absolute atomic E-state index is 5.70. The van der Waals surface area contributed by atoms with Gasteiger partial charge in [0.2, 0.25) is 0 Å². The minimum absolute atomic E-state index is 0.386. The molecule has 8 rings (SSSR count). The molecule has 1 spiro atoms. The van der Waals surface area contributed by atoms with Crippen molar-refractivity contribution in [2.75, 3.05) is 0 Å². The summed E-state index contributed by atoms with van der Waals surface area (Å²) >= 11 is 1.88. The fourth-order valence-electron chi connectivity index (χ4n) is 8.73. The molecule has 0 saturated heterocycles. The van der Waals surface area contributed by atoms with Crippen molar-refractivity contribution >= 4 is 41.2 Å².